The summed E-state index contributed by atoms with van der Waals surface area (Å²) in [5.41, 5.74) is 2.34. The normalized spacial score (nSPS) is 11.4. The average Bonchev–Trinajstić information content (AvgIpc) is 2.53. The minimum absolute atomic E-state index is 0.519. The Morgan fingerprint density at radius 2 is 2.00 bits per heavy atom. The Bertz CT molecular complexity index is 429. The van der Waals surface area contributed by atoms with Crippen molar-refractivity contribution in [3.63, 3.8) is 0 Å². The lowest BCUT2D eigenvalue weighted by atomic mass is 10.0. The van der Waals surface area contributed by atoms with Crippen LogP contribution in [0.4, 0.5) is 0 Å². The molecule has 0 N–H and O–H groups in total. The average molecular weight is 286 g/mol. The maximum atomic E-state index is 5.49. The molecule has 1 nitrogen and oxygen atoms in total. The van der Waals surface area contributed by atoms with Gasteiger partial charge in [0.05, 0.1) is 6.26 Å². The molecule has 13 heavy (non-hydrogen) atoms. The second kappa shape index (κ2) is 3.33. The van der Waals surface area contributed by atoms with Crippen molar-refractivity contribution in [2.24, 2.45) is 0 Å². The molecule has 0 saturated carbocycles. The van der Waals surface area contributed by atoms with E-state index in [0.29, 0.717) is 5.92 Å². The van der Waals surface area contributed by atoms with Crippen molar-refractivity contribution in [1.29, 1.82) is 0 Å². The Balaban J connectivity index is 2.78. The van der Waals surface area contributed by atoms with Gasteiger partial charge in [-0.2, -0.15) is 0 Å². The molecule has 68 valence electrons. The zero-order valence-corrected chi connectivity index (χ0v) is 9.83. The number of benzene rings is 1. The predicted octanol–water partition coefficient (Wildman–Crippen LogP) is 4.16. The van der Waals surface area contributed by atoms with E-state index < -0.39 is 0 Å². The molecule has 0 bridgehead atoms. The molecule has 0 fully saturated rings. The third-order valence-electron chi connectivity index (χ3n) is 2.22. The van der Waals surface area contributed by atoms with Gasteiger partial charge < -0.3 is 4.42 Å². The van der Waals surface area contributed by atoms with Crippen LogP contribution in [0.25, 0.3) is 11.0 Å². The highest BCUT2D eigenvalue weighted by Crippen LogP contribution is 2.29. The smallest absolute Gasteiger partial charge is 0.138 e. The lowest BCUT2D eigenvalue weighted by Crippen LogP contribution is -1.88. The van der Waals surface area contributed by atoms with E-state index in [2.05, 4.69) is 48.6 Å². The third kappa shape index (κ3) is 1.47. The summed E-state index contributed by atoms with van der Waals surface area (Å²) >= 11 is 2.33. The molecule has 0 unspecified atom stereocenters. The molecule has 2 heteroatoms. The molecule has 2 rings (SSSR count). The maximum absolute atomic E-state index is 5.49. The van der Waals surface area contributed by atoms with Crippen LogP contribution < -0.4 is 0 Å². The number of hydrogen-bond donors (Lipinski definition) is 0. The zero-order chi connectivity index (χ0) is 9.42. The van der Waals surface area contributed by atoms with E-state index in [1.165, 1.54) is 14.5 Å². The Morgan fingerprint density at radius 1 is 1.23 bits per heavy atom. The fraction of sp³-hybridized carbons (Fsp3) is 0.273. The van der Waals surface area contributed by atoms with Crippen molar-refractivity contribution in [2.75, 3.05) is 0 Å². The highest BCUT2D eigenvalue weighted by Gasteiger charge is 2.09. The summed E-state index contributed by atoms with van der Waals surface area (Å²) in [7, 11) is 0. The Labute approximate surface area is 91.3 Å². The van der Waals surface area contributed by atoms with Gasteiger partial charge in [0, 0.05) is 8.96 Å². The molecule has 1 heterocycles. The minimum atomic E-state index is 0.519. The van der Waals surface area contributed by atoms with Gasteiger partial charge >= 0.3 is 0 Å². The largest absolute Gasteiger partial charge is 0.464 e. The highest BCUT2D eigenvalue weighted by molar-refractivity contribution is 14.1. The number of rotatable bonds is 1. The first kappa shape index (κ1) is 9.06. The van der Waals surface area contributed by atoms with Gasteiger partial charge in [0.15, 0.2) is 0 Å². The van der Waals surface area contributed by atoms with Crippen LogP contribution >= 0.6 is 22.6 Å². The van der Waals surface area contributed by atoms with Gasteiger partial charge in [0.1, 0.15) is 5.58 Å². The van der Waals surface area contributed by atoms with Gasteiger partial charge in [-0.25, -0.2) is 0 Å². The molecule has 0 amide bonds. The first-order valence-electron chi connectivity index (χ1n) is 4.35. The fourth-order valence-corrected chi connectivity index (χ4v) is 2.11. The molecule has 0 aliphatic carbocycles. The monoisotopic (exact) mass is 286 g/mol. The summed E-state index contributed by atoms with van der Waals surface area (Å²) in [5, 5.41) is 1.23. The minimum Gasteiger partial charge on any atom is -0.464 e. The van der Waals surface area contributed by atoms with E-state index in [1.807, 2.05) is 6.07 Å². The Morgan fingerprint density at radius 3 is 2.69 bits per heavy atom. The summed E-state index contributed by atoms with van der Waals surface area (Å²) in [6.45, 7) is 4.37. The lowest BCUT2D eigenvalue weighted by Gasteiger charge is -2.06. The molecule has 1 aromatic carbocycles. The zero-order valence-electron chi connectivity index (χ0n) is 7.67. The summed E-state index contributed by atoms with van der Waals surface area (Å²) in [6.07, 6.45) is 1.76. The van der Waals surface area contributed by atoms with Crippen LogP contribution in [0.5, 0.6) is 0 Å². The SMILES string of the molecule is CC(C)c1ccc(I)c2ccoc12. The second-order valence-electron chi connectivity index (χ2n) is 3.45. The molecule has 0 aliphatic heterocycles. The van der Waals surface area contributed by atoms with Gasteiger partial charge in [-0.05, 0) is 46.2 Å². The maximum Gasteiger partial charge on any atom is 0.138 e. The molecule has 0 aliphatic rings. The molecule has 0 radical (unpaired) electrons. The lowest BCUT2D eigenvalue weighted by molar-refractivity contribution is 0.607. The van der Waals surface area contributed by atoms with Crippen LogP contribution in [0.15, 0.2) is 28.9 Å². The van der Waals surface area contributed by atoms with E-state index >= 15 is 0 Å². The van der Waals surface area contributed by atoms with Crippen LogP contribution in [0, 0.1) is 3.57 Å². The molecule has 0 atom stereocenters. The van der Waals surface area contributed by atoms with E-state index in [1.54, 1.807) is 6.26 Å². The molecular weight excluding hydrogens is 275 g/mol. The van der Waals surface area contributed by atoms with Crippen molar-refractivity contribution in [1.82, 2.24) is 0 Å². The van der Waals surface area contributed by atoms with Gasteiger partial charge in [-0.15, -0.1) is 0 Å². The topological polar surface area (TPSA) is 13.1 Å². The van der Waals surface area contributed by atoms with E-state index in [9.17, 15) is 0 Å². The Hall–Kier alpha value is -0.510. The van der Waals surface area contributed by atoms with Crippen molar-refractivity contribution in [3.05, 3.63) is 33.6 Å². The number of hydrogen-bond acceptors (Lipinski definition) is 1. The van der Waals surface area contributed by atoms with Crippen molar-refractivity contribution >= 4 is 33.6 Å². The summed E-state index contributed by atoms with van der Waals surface area (Å²) in [5.74, 6) is 0.519. The van der Waals surface area contributed by atoms with E-state index in [4.69, 9.17) is 4.42 Å². The van der Waals surface area contributed by atoms with Gasteiger partial charge in [-0.3, -0.25) is 0 Å². The van der Waals surface area contributed by atoms with Gasteiger partial charge in [-0.1, -0.05) is 19.9 Å². The summed E-state index contributed by atoms with van der Waals surface area (Å²) in [4.78, 5) is 0. The van der Waals surface area contributed by atoms with E-state index in [-0.39, 0.29) is 0 Å². The van der Waals surface area contributed by atoms with Crippen LogP contribution in [0.1, 0.15) is 25.3 Å². The third-order valence-corrected chi connectivity index (χ3v) is 3.16. The second-order valence-corrected chi connectivity index (χ2v) is 4.62. The molecule has 0 saturated heterocycles. The van der Waals surface area contributed by atoms with Gasteiger partial charge in [0.25, 0.3) is 0 Å². The van der Waals surface area contributed by atoms with Crippen LogP contribution in [0.2, 0.25) is 0 Å². The van der Waals surface area contributed by atoms with Crippen molar-refractivity contribution in [2.45, 2.75) is 19.8 Å². The van der Waals surface area contributed by atoms with Crippen molar-refractivity contribution < 1.29 is 4.42 Å². The van der Waals surface area contributed by atoms with Gasteiger partial charge in [0.2, 0.25) is 0 Å². The highest BCUT2D eigenvalue weighted by atomic mass is 127. The van der Waals surface area contributed by atoms with E-state index in [0.717, 1.165) is 5.58 Å². The quantitative estimate of drug-likeness (QED) is 0.717. The number of halogens is 1. The van der Waals surface area contributed by atoms with Crippen LogP contribution in [-0.2, 0) is 0 Å². The summed E-state index contributed by atoms with van der Waals surface area (Å²) < 4.78 is 6.74. The first-order chi connectivity index (χ1) is 6.20. The predicted molar refractivity (Wildman–Crippen MR) is 63.0 cm³/mol. The molecule has 0 spiro atoms. The van der Waals surface area contributed by atoms with Crippen LogP contribution in [-0.4, -0.2) is 0 Å². The fourth-order valence-electron chi connectivity index (χ4n) is 1.50. The number of furan rings is 1. The molecule has 1 aromatic heterocycles. The first-order valence-corrected chi connectivity index (χ1v) is 5.43. The molecule has 2 aromatic rings. The van der Waals surface area contributed by atoms with Crippen LogP contribution in [0.3, 0.4) is 0 Å². The van der Waals surface area contributed by atoms with Crippen molar-refractivity contribution in [3.8, 4) is 0 Å². The standard InChI is InChI=1S/C11H11IO/c1-7(2)8-3-4-10(12)9-5-6-13-11(8)9/h3-7H,1-2H3. The Kier molecular flexibility index (Phi) is 2.32. The summed E-state index contributed by atoms with van der Waals surface area (Å²) in [6, 6.07) is 6.33. The number of fused-ring (bicyclic) bond motifs is 1. The molecular formula is C11H11IO.